The molecule has 0 spiro atoms. The molecular formula is C17H29N3O3. The number of pyridine rings is 1. The van der Waals surface area contributed by atoms with Crippen LogP contribution in [0.3, 0.4) is 0 Å². The fraction of sp³-hybridized carbons (Fsp3) is 0.647. The van der Waals surface area contributed by atoms with E-state index in [9.17, 15) is 4.79 Å². The lowest BCUT2D eigenvalue weighted by Gasteiger charge is -2.27. The molecule has 6 nitrogen and oxygen atoms in total. The van der Waals surface area contributed by atoms with E-state index in [4.69, 9.17) is 9.47 Å². The first-order chi connectivity index (χ1) is 10.8. The molecule has 1 unspecified atom stereocenters. The summed E-state index contributed by atoms with van der Waals surface area (Å²) in [4.78, 5) is 18.2. The van der Waals surface area contributed by atoms with Crippen LogP contribution in [0.15, 0.2) is 24.4 Å². The molecule has 1 rings (SSSR count). The molecule has 130 valence electrons. The first kappa shape index (κ1) is 19.4. The van der Waals surface area contributed by atoms with Gasteiger partial charge >= 0.3 is 6.09 Å². The maximum absolute atomic E-state index is 12.2. The van der Waals surface area contributed by atoms with Crippen molar-refractivity contribution >= 4 is 6.09 Å². The lowest BCUT2D eigenvalue weighted by molar-refractivity contribution is 0.0203. The quantitative estimate of drug-likeness (QED) is 0.797. The van der Waals surface area contributed by atoms with Crippen LogP contribution in [-0.2, 0) is 9.47 Å². The van der Waals surface area contributed by atoms with Crippen molar-refractivity contribution < 1.29 is 14.3 Å². The molecule has 0 fully saturated rings. The van der Waals surface area contributed by atoms with E-state index in [1.54, 1.807) is 18.2 Å². The van der Waals surface area contributed by atoms with Crippen LogP contribution in [0, 0.1) is 0 Å². The minimum atomic E-state index is -0.503. The van der Waals surface area contributed by atoms with E-state index < -0.39 is 5.60 Å². The van der Waals surface area contributed by atoms with Gasteiger partial charge in [0.15, 0.2) is 0 Å². The van der Waals surface area contributed by atoms with Crippen molar-refractivity contribution in [3.05, 3.63) is 30.1 Å². The van der Waals surface area contributed by atoms with Crippen LogP contribution < -0.4 is 5.32 Å². The normalized spacial score (nSPS) is 12.7. The maximum atomic E-state index is 12.2. The van der Waals surface area contributed by atoms with Crippen LogP contribution in [0.2, 0.25) is 0 Å². The van der Waals surface area contributed by atoms with Crippen LogP contribution in [0.5, 0.6) is 0 Å². The van der Waals surface area contributed by atoms with E-state index >= 15 is 0 Å². The minimum absolute atomic E-state index is 0.124. The van der Waals surface area contributed by atoms with Crippen molar-refractivity contribution in [2.75, 3.05) is 33.4 Å². The van der Waals surface area contributed by atoms with E-state index in [1.807, 2.05) is 39.0 Å². The molecule has 0 aromatic carbocycles. The smallest absolute Gasteiger partial charge is 0.410 e. The van der Waals surface area contributed by atoms with Crippen molar-refractivity contribution in [1.82, 2.24) is 15.2 Å². The number of carbonyl (C=O) groups excluding carboxylic acids is 1. The average molecular weight is 323 g/mol. The summed E-state index contributed by atoms with van der Waals surface area (Å²) in [6.45, 7) is 9.83. The monoisotopic (exact) mass is 323 g/mol. The van der Waals surface area contributed by atoms with Gasteiger partial charge in [0.1, 0.15) is 5.60 Å². The van der Waals surface area contributed by atoms with Crippen molar-refractivity contribution in [1.29, 1.82) is 0 Å². The molecule has 23 heavy (non-hydrogen) atoms. The Morgan fingerprint density at radius 1 is 1.35 bits per heavy atom. The second-order valence-corrected chi connectivity index (χ2v) is 6.39. The zero-order valence-electron chi connectivity index (χ0n) is 14.8. The Morgan fingerprint density at radius 3 is 2.65 bits per heavy atom. The van der Waals surface area contributed by atoms with E-state index in [0.717, 1.165) is 5.69 Å². The fourth-order valence-electron chi connectivity index (χ4n) is 1.98. The summed E-state index contributed by atoms with van der Waals surface area (Å²) in [7, 11) is 1.62. The second kappa shape index (κ2) is 9.47. The SMILES string of the molecule is COCCN(CCNC(C)c1ccccn1)C(=O)OC(C)(C)C. The molecule has 1 heterocycles. The molecule has 0 saturated heterocycles. The van der Waals surface area contributed by atoms with Gasteiger partial charge in [0.2, 0.25) is 0 Å². The van der Waals surface area contributed by atoms with E-state index in [-0.39, 0.29) is 12.1 Å². The van der Waals surface area contributed by atoms with E-state index in [0.29, 0.717) is 26.2 Å². The summed E-state index contributed by atoms with van der Waals surface area (Å²) < 4.78 is 10.5. The number of carbonyl (C=O) groups is 1. The molecule has 0 aliphatic carbocycles. The lowest BCUT2D eigenvalue weighted by atomic mass is 10.2. The summed E-state index contributed by atoms with van der Waals surface area (Å²) in [5.41, 5.74) is 0.477. The predicted octanol–water partition coefficient (Wildman–Crippen LogP) is 2.62. The Labute approximate surface area is 139 Å². The maximum Gasteiger partial charge on any atom is 0.410 e. The lowest BCUT2D eigenvalue weighted by Crippen LogP contribution is -2.42. The highest BCUT2D eigenvalue weighted by atomic mass is 16.6. The third-order valence-electron chi connectivity index (χ3n) is 3.18. The van der Waals surface area contributed by atoms with Gasteiger partial charge in [-0.2, -0.15) is 0 Å². The molecule has 0 aliphatic rings. The number of aromatic nitrogens is 1. The van der Waals surface area contributed by atoms with Gasteiger partial charge in [0, 0.05) is 39.0 Å². The molecule has 1 amide bonds. The Kier molecular flexibility index (Phi) is 7.98. The van der Waals surface area contributed by atoms with Gasteiger partial charge in [0.05, 0.1) is 12.3 Å². The number of ether oxygens (including phenoxy) is 2. The highest BCUT2D eigenvalue weighted by Crippen LogP contribution is 2.10. The van der Waals surface area contributed by atoms with E-state index in [2.05, 4.69) is 17.2 Å². The number of nitrogens with zero attached hydrogens (tertiary/aromatic N) is 2. The minimum Gasteiger partial charge on any atom is -0.444 e. The molecular weight excluding hydrogens is 294 g/mol. The summed E-state index contributed by atoms with van der Waals surface area (Å²) in [6, 6.07) is 5.96. The summed E-state index contributed by atoms with van der Waals surface area (Å²) >= 11 is 0. The average Bonchev–Trinajstić information content (AvgIpc) is 2.49. The van der Waals surface area contributed by atoms with Gasteiger partial charge < -0.3 is 19.7 Å². The Bertz CT molecular complexity index is 460. The molecule has 0 saturated carbocycles. The van der Waals surface area contributed by atoms with Gasteiger partial charge in [-0.15, -0.1) is 0 Å². The van der Waals surface area contributed by atoms with Crippen LogP contribution in [0.25, 0.3) is 0 Å². The fourth-order valence-corrected chi connectivity index (χ4v) is 1.98. The number of methoxy groups -OCH3 is 1. The summed E-state index contributed by atoms with van der Waals surface area (Å²) in [5, 5.41) is 3.37. The van der Waals surface area contributed by atoms with Crippen molar-refractivity contribution in [3.8, 4) is 0 Å². The third-order valence-corrected chi connectivity index (χ3v) is 3.18. The van der Waals surface area contributed by atoms with Gasteiger partial charge in [-0.25, -0.2) is 4.79 Å². The highest BCUT2D eigenvalue weighted by molar-refractivity contribution is 5.68. The van der Waals surface area contributed by atoms with Gasteiger partial charge in [0.25, 0.3) is 0 Å². The van der Waals surface area contributed by atoms with Crippen molar-refractivity contribution in [3.63, 3.8) is 0 Å². The van der Waals surface area contributed by atoms with Crippen LogP contribution >= 0.6 is 0 Å². The largest absolute Gasteiger partial charge is 0.444 e. The molecule has 1 atom stereocenters. The first-order valence-electron chi connectivity index (χ1n) is 7.94. The first-order valence-corrected chi connectivity index (χ1v) is 7.94. The molecule has 1 aromatic heterocycles. The molecule has 0 radical (unpaired) electrons. The Balaban J connectivity index is 2.49. The molecule has 1 aromatic rings. The van der Waals surface area contributed by atoms with Crippen molar-refractivity contribution in [2.24, 2.45) is 0 Å². The summed E-state index contributed by atoms with van der Waals surface area (Å²) in [6.07, 6.45) is 1.46. The van der Waals surface area contributed by atoms with Gasteiger partial charge in [-0.05, 0) is 39.8 Å². The molecule has 1 N–H and O–H groups in total. The highest BCUT2D eigenvalue weighted by Gasteiger charge is 2.21. The number of hydrogen-bond acceptors (Lipinski definition) is 5. The molecule has 6 heteroatoms. The Hall–Kier alpha value is -1.66. The zero-order chi connectivity index (χ0) is 17.3. The van der Waals surface area contributed by atoms with E-state index in [1.165, 1.54) is 0 Å². The summed E-state index contributed by atoms with van der Waals surface area (Å²) in [5.74, 6) is 0. The van der Waals surface area contributed by atoms with Crippen LogP contribution in [-0.4, -0.2) is 54.9 Å². The van der Waals surface area contributed by atoms with Crippen molar-refractivity contribution in [2.45, 2.75) is 39.3 Å². The zero-order valence-corrected chi connectivity index (χ0v) is 14.8. The van der Waals surface area contributed by atoms with Gasteiger partial charge in [-0.1, -0.05) is 6.07 Å². The number of nitrogens with one attached hydrogen (secondary N) is 1. The third kappa shape index (κ3) is 7.95. The second-order valence-electron chi connectivity index (χ2n) is 6.39. The topological polar surface area (TPSA) is 63.7 Å². The number of rotatable bonds is 8. The molecule has 0 aliphatic heterocycles. The number of amides is 1. The molecule has 0 bridgehead atoms. The predicted molar refractivity (Wildman–Crippen MR) is 90.3 cm³/mol. The standard InChI is InChI=1S/C17H29N3O3/c1-14(15-8-6-7-9-19-15)18-10-11-20(12-13-22-5)16(21)23-17(2,3)4/h6-9,14,18H,10-13H2,1-5H3. The Morgan fingerprint density at radius 2 is 2.09 bits per heavy atom. The van der Waals surface area contributed by atoms with Crippen LogP contribution in [0.4, 0.5) is 4.79 Å². The van der Waals surface area contributed by atoms with Crippen LogP contribution in [0.1, 0.15) is 39.4 Å². The van der Waals surface area contributed by atoms with Gasteiger partial charge in [-0.3, -0.25) is 4.98 Å². The number of hydrogen-bond donors (Lipinski definition) is 1.